The van der Waals surface area contributed by atoms with Gasteiger partial charge in [0.15, 0.2) is 0 Å². The van der Waals surface area contributed by atoms with E-state index in [-0.39, 0.29) is 30.7 Å². The number of rotatable bonds is 6. The maximum Gasteiger partial charge on any atom is 0.224 e. The van der Waals surface area contributed by atoms with Crippen molar-refractivity contribution < 1.29 is 9.18 Å². The van der Waals surface area contributed by atoms with Gasteiger partial charge in [0.25, 0.3) is 0 Å². The maximum absolute atomic E-state index is 13.5. The minimum atomic E-state index is -0.305. The van der Waals surface area contributed by atoms with Crippen LogP contribution in [0.1, 0.15) is 18.9 Å². The van der Waals surface area contributed by atoms with Gasteiger partial charge in [0.2, 0.25) is 5.91 Å². The fourth-order valence-corrected chi connectivity index (χ4v) is 1.65. The quantitative estimate of drug-likeness (QED) is 0.786. The van der Waals surface area contributed by atoms with Crippen molar-refractivity contribution in [2.45, 2.75) is 25.9 Å². The first-order chi connectivity index (χ1) is 8.54. The molecule has 1 unspecified atom stereocenters. The van der Waals surface area contributed by atoms with Crippen molar-refractivity contribution in [3.8, 4) is 0 Å². The molecular formula is C14H19FN2O. The van der Waals surface area contributed by atoms with E-state index in [1.54, 1.807) is 36.1 Å². The Morgan fingerprint density at radius 3 is 2.78 bits per heavy atom. The smallest absolute Gasteiger partial charge is 0.224 e. The predicted molar refractivity (Wildman–Crippen MR) is 70.3 cm³/mol. The molecule has 0 heterocycles. The largest absolute Gasteiger partial charge is 0.335 e. The van der Waals surface area contributed by atoms with Gasteiger partial charge in [-0.3, -0.25) is 4.79 Å². The third-order valence-corrected chi connectivity index (χ3v) is 2.52. The summed E-state index contributed by atoms with van der Waals surface area (Å²) >= 11 is 0. The predicted octanol–water partition coefficient (Wildman–Crippen LogP) is 2.08. The van der Waals surface area contributed by atoms with Gasteiger partial charge in [-0.25, -0.2) is 4.39 Å². The van der Waals surface area contributed by atoms with Crippen LogP contribution in [0, 0.1) is 5.82 Å². The summed E-state index contributed by atoms with van der Waals surface area (Å²) in [6.45, 7) is 6.01. The summed E-state index contributed by atoms with van der Waals surface area (Å²) in [5.41, 5.74) is 6.10. The summed E-state index contributed by atoms with van der Waals surface area (Å²) in [6, 6.07) is 6.23. The summed E-state index contributed by atoms with van der Waals surface area (Å²) in [7, 11) is 0. The number of carbonyl (C=O) groups is 1. The van der Waals surface area contributed by atoms with Gasteiger partial charge in [-0.05, 0) is 13.0 Å². The van der Waals surface area contributed by atoms with Gasteiger partial charge >= 0.3 is 0 Å². The number of hydrogen-bond acceptors (Lipinski definition) is 2. The SMILES string of the molecule is C=CCN(Cc1ccccc1F)C(=O)CC(C)N. The van der Waals surface area contributed by atoms with Crippen LogP contribution in [0.5, 0.6) is 0 Å². The summed E-state index contributed by atoms with van der Waals surface area (Å²) in [5.74, 6) is -0.395. The van der Waals surface area contributed by atoms with Crippen LogP contribution < -0.4 is 5.73 Å². The molecule has 1 aromatic carbocycles. The number of nitrogens with two attached hydrogens (primary N) is 1. The molecule has 0 spiro atoms. The van der Waals surface area contributed by atoms with Gasteiger partial charge in [0.05, 0.1) is 0 Å². The normalized spacial score (nSPS) is 11.9. The van der Waals surface area contributed by atoms with Crippen LogP contribution in [0.15, 0.2) is 36.9 Å². The molecule has 0 bridgehead atoms. The second-order valence-corrected chi connectivity index (χ2v) is 4.34. The van der Waals surface area contributed by atoms with Crippen molar-refractivity contribution in [2.75, 3.05) is 6.54 Å². The van der Waals surface area contributed by atoms with Crippen LogP contribution in [0.25, 0.3) is 0 Å². The Bertz CT molecular complexity index is 418. The van der Waals surface area contributed by atoms with Crippen LogP contribution in [-0.2, 0) is 11.3 Å². The molecule has 0 aliphatic carbocycles. The highest BCUT2D eigenvalue weighted by Crippen LogP contribution is 2.11. The molecule has 0 aliphatic rings. The Balaban J connectivity index is 2.77. The summed E-state index contributed by atoms with van der Waals surface area (Å²) < 4.78 is 13.5. The molecule has 1 aromatic rings. The van der Waals surface area contributed by atoms with Gasteiger partial charge in [-0.2, -0.15) is 0 Å². The van der Waals surface area contributed by atoms with Crippen molar-refractivity contribution in [2.24, 2.45) is 5.73 Å². The molecule has 2 N–H and O–H groups in total. The van der Waals surface area contributed by atoms with Crippen molar-refractivity contribution >= 4 is 5.91 Å². The van der Waals surface area contributed by atoms with E-state index < -0.39 is 0 Å². The minimum Gasteiger partial charge on any atom is -0.335 e. The van der Waals surface area contributed by atoms with E-state index in [9.17, 15) is 9.18 Å². The molecule has 0 radical (unpaired) electrons. The van der Waals surface area contributed by atoms with E-state index in [0.29, 0.717) is 12.1 Å². The van der Waals surface area contributed by atoms with Crippen molar-refractivity contribution in [1.29, 1.82) is 0 Å². The Morgan fingerprint density at radius 1 is 1.56 bits per heavy atom. The molecule has 0 aromatic heterocycles. The molecule has 0 fully saturated rings. The molecule has 4 heteroatoms. The average Bonchev–Trinajstić information content (AvgIpc) is 2.30. The number of amides is 1. The molecule has 1 atom stereocenters. The number of nitrogens with zero attached hydrogens (tertiary/aromatic N) is 1. The lowest BCUT2D eigenvalue weighted by Gasteiger charge is -2.22. The first-order valence-corrected chi connectivity index (χ1v) is 5.92. The van der Waals surface area contributed by atoms with E-state index in [0.717, 1.165) is 0 Å². The zero-order valence-corrected chi connectivity index (χ0v) is 10.6. The van der Waals surface area contributed by atoms with E-state index in [2.05, 4.69) is 6.58 Å². The van der Waals surface area contributed by atoms with Gasteiger partial charge < -0.3 is 10.6 Å². The van der Waals surface area contributed by atoms with Gasteiger partial charge in [-0.1, -0.05) is 24.3 Å². The van der Waals surface area contributed by atoms with Gasteiger partial charge in [0, 0.05) is 31.1 Å². The van der Waals surface area contributed by atoms with E-state index in [4.69, 9.17) is 5.73 Å². The third-order valence-electron chi connectivity index (χ3n) is 2.52. The molecule has 18 heavy (non-hydrogen) atoms. The van der Waals surface area contributed by atoms with Crippen molar-refractivity contribution in [1.82, 2.24) is 4.90 Å². The highest BCUT2D eigenvalue weighted by Gasteiger charge is 2.15. The maximum atomic E-state index is 13.5. The van der Waals surface area contributed by atoms with Crippen molar-refractivity contribution in [3.63, 3.8) is 0 Å². The minimum absolute atomic E-state index is 0.0897. The van der Waals surface area contributed by atoms with Gasteiger partial charge in [0.1, 0.15) is 5.82 Å². The number of carbonyl (C=O) groups excluding carboxylic acids is 1. The molecule has 0 saturated carbocycles. The van der Waals surface area contributed by atoms with E-state index in [1.807, 2.05) is 0 Å². The third kappa shape index (κ3) is 4.30. The van der Waals surface area contributed by atoms with Crippen molar-refractivity contribution in [3.05, 3.63) is 48.3 Å². The summed E-state index contributed by atoms with van der Waals surface area (Å²) in [4.78, 5) is 13.5. The second-order valence-electron chi connectivity index (χ2n) is 4.34. The molecule has 98 valence electrons. The number of hydrogen-bond donors (Lipinski definition) is 1. The van der Waals surface area contributed by atoms with E-state index >= 15 is 0 Å². The van der Waals surface area contributed by atoms with E-state index in [1.165, 1.54) is 6.07 Å². The molecule has 0 saturated heterocycles. The second kappa shape index (κ2) is 6.91. The van der Waals surface area contributed by atoms with Crippen LogP contribution in [0.4, 0.5) is 4.39 Å². The molecule has 1 amide bonds. The zero-order valence-electron chi connectivity index (χ0n) is 10.6. The summed E-state index contributed by atoms with van der Waals surface area (Å²) in [6.07, 6.45) is 1.88. The lowest BCUT2D eigenvalue weighted by molar-refractivity contribution is -0.131. The number of benzene rings is 1. The highest BCUT2D eigenvalue weighted by molar-refractivity contribution is 5.76. The Kier molecular flexibility index (Phi) is 5.52. The number of halogens is 1. The highest BCUT2D eigenvalue weighted by atomic mass is 19.1. The van der Waals surface area contributed by atoms with Gasteiger partial charge in [-0.15, -0.1) is 6.58 Å². The average molecular weight is 250 g/mol. The van der Waals surface area contributed by atoms with Crippen LogP contribution in [0.3, 0.4) is 0 Å². The Labute approximate surface area is 107 Å². The standard InChI is InChI=1S/C14H19FN2O/c1-3-8-17(14(18)9-11(2)16)10-12-6-4-5-7-13(12)15/h3-7,11H,1,8-10,16H2,2H3. The molecule has 1 rings (SSSR count). The van der Waals surface area contributed by atoms with Crippen LogP contribution >= 0.6 is 0 Å². The fourth-order valence-electron chi connectivity index (χ4n) is 1.65. The van der Waals surface area contributed by atoms with Crippen LogP contribution in [0.2, 0.25) is 0 Å². The molecule has 0 aliphatic heterocycles. The first kappa shape index (κ1) is 14.4. The topological polar surface area (TPSA) is 46.3 Å². The fraction of sp³-hybridized carbons (Fsp3) is 0.357. The lowest BCUT2D eigenvalue weighted by atomic mass is 10.1. The Hall–Kier alpha value is -1.68. The molecule has 3 nitrogen and oxygen atoms in total. The molecular weight excluding hydrogens is 231 g/mol. The first-order valence-electron chi connectivity index (χ1n) is 5.92. The monoisotopic (exact) mass is 250 g/mol. The van der Waals surface area contributed by atoms with Crippen LogP contribution in [-0.4, -0.2) is 23.4 Å². The summed E-state index contributed by atoms with van der Waals surface area (Å²) in [5, 5.41) is 0. The zero-order chi connectivity index (χ0) is 13.5. The lowest BCUT2D eigenvalue weighted by Crippen LogP contribution is -2.34. The Morgan fingerprint density at radius 2 is 2.22 bits per heavy atom.